The van der Waals surface area contributed by atoms with Gasteiger partial charge in [0.05, 0.1) is 16.9 Å². The average Bonchev–Trinajstić information content (AvgIpc) is 2.69. The zero-order valence-corrected chi connectivity index (χ0v) is 10.7. The van der Waals surface area contributed by atoms with Crippen LogP contribution in [0, 0.1) is 0 Å². The van der Waals surface area contributed by atoms with Crippen molar-refractivity contribution in [2.45, 2.75) is 0 Å². The lowest BCUT2D eigenvalue weighted by molar-refractivity contribution is 0.103. The monoisotopic (exact) mass is 287 g/mol. The number of benzene rings is 1. The third kappa shape index (κ3) is 2.88. The molecule has 1 heterocycles. The second kappa shape index (κ2) is 4.91. The van der Waals surface area contributed by atoms with Crippen LogP contribution in [0.5, 0.6) is 0 Å². The van der Waals surface area contributed by atoms with Crippen LogP contribution in [0.3, 0.4) is 0 Å². The Morgan fingerprint density at radius 1 is 1.41 bits per heavy atom. The molecule has 0 saturated heterocycles. The molecule has 0 bridgehead atoms. The van der Waals surface area contributed by atoms with Crippen LogP contribution in [0.4, 0.5) is 10.8 Å². The van der Waals surface area contributed by atoms with Crippen molar-refractivity contribution in [1.82, 2.24) is 4.98 Å². The number of thiazole rings is 1. The molecule has 2 aromatic rings. The van der Waals surface area contributed by atoms with Crippen LogP contribution in [0.25, 0.3) is 0 Å². The minimum Gasteiger partial charge on any atom is -0.375 e. The number of anilines is 2. The summed E-state index contributed by atoms with van der Waals surface area (Å²) in [7, 11) is 0. The summed E-state index contributed by atoms with van der Waals surface area (Å²) in [5.74, 6) is -0.302. The van der Waals surface area contributed by atoms with Crippen LogP contribution in [-0.2, 0) is 0 Å². The third-order valence-electron chi connectivity index (χ3n) is 1.93. The third-order valence-corrected chi connectivity index (χ3v) is 3.30. The van der Waals surface area contributed by atoms with Gasteiger partial charge < -0.3 is 11.1 Å². The maximum absolute atomic E-state index is 11.8. The first-order valence-electron chi connectivity index (χ1n) is 4.54. The fraction of sp³-hybridized carbons (Fsp3) is 0. The Bertz CT molecular complexity index is 570. The van der Waals surface area contributed by atoms with E-state index in [1.807, 2.05) is 0 Å². The van der Waals surface area contributed by atoms with Crippen molar-refractivity contribution in [2.24, 2.45) is 0 Å². The summed E-state index contributed by atoms with van der Waals surface area (Å²) in [6.07, 6.45) is 1.42. The number of amides is 1. The van der Waals surface area contributed by atoms with Crippen LogP contribution in [0.1, 0.15) is 9.67 Å². The molecular weight excluding hydrogens is 281 g/mol. The smallest absolute Gasteiger partial charge is 0.267 e. The molecule has 0 unspecified atom stereocenters. The van der Waals surface area contributed by atoms with Gasteiger partial charge in [-0.2, -0.15) is 0 Å². The lowest BCUT2D eigenvalue weighted by atomic mass is 10.3. The molecule has 2 rings (SSSR count). The van der Waals surface area contributed by atoms with E-state index in [1.165, 1.54) is 6.20 Å². The molecule has 0 spiro atoms. The van der Waals surface area contributed by atoms with Gasteiger partial charge in [0.25, 0.3) is 5.91 Å². The molecule has 4 nitrogen and oxygen atoms in total. The van der Waals surface area contributed by atoms with Crippen molar-refractivity contribution in [1.29, 1.82) is 0 Å². The van der Waals surface area contributed by atoms with Crippen LogP contribution in [0.2, 0.25) is 10.0 Å². The number of hydrogen-bond acceptors (Lipinski definition) is 4. The Balaban J connectivity index is 2.18. The Hall–Kier alpha value is -1.30. The van der Waals surface area contributed by atoms with Gasteiger partial charge in [0, 0.05) is 5.02 Å². The maximum Gasteiger partial charge on any atom is 0.267 e. The van der Waals surface area contributed by atoms with Crippen molar-refractivity contribution in [2.75, 3.05) is 11.1 Å². The second-order valence-electron chi connectivity index (χ2n) is 3.14. The lowest BCUT2D eigenvalue weighted by Crippen LogP contribution is -2.10. The van der Waals surface area contributed by atoms with E-state index in [0.29, 0.717) is 25.7 Å². The molecule has 0 fully saturated rings. The van der Waals surface area contributed by atoms with Crippen molar-refractivity contribution in [3.8, 4) is 0 Å². The van der Waals surface area contributed by atoms with Gasteiger partial charge in [-0.05, 0) is 18.2 Å². The summed E-state index contributed by atoms with van der Waals surface area (Å²) in [6.45, 7) is 0. The van der Waals surface area contributed by atoms with E-state index in [-0.39, 0.29) is 5.91 Å². The van der Waals surface area contributed by atoms with Gasteiger partial charge in [0.15, 0.2) is 5.13 Å². The molecule has 0 aliphatic heterocycles. The number of nitrogens with one attached hydrogen (secondary N) is 1. The van der Waals surface area contributed by atoms with E-state index in [0.717, 1.165) is 11.3 Å². The molecule has 1 aromatic carbocycles. The number of nitrogens with zero attached hydrogens (tertiary/aromatic N) is 1. The number of halogens is 2. The number of nitrogen functional groups attached to an aromatic ring is 1. The van der Waals surface area contributed by atoms with Crippen LogP contribution in [-0.4, -0.2) is 10.9 Å². The van der Waals surface area contributed by atoms with Gasteiger partial charge in [-0.3, -0.25) is 4.79 Å². The number of carbonyl (C=O) groups is 1. The number of hydrogen-bond donors (Lipinski definition) is 2. The summed E-state index contributed by atoms with van der Waals surface area (Å²) in [5, 5.41) is 3.88. The summed E-state index contributed by atoms with van der Waals surface area (Å²) >= 11 is 12.8. The predicted molar refractivity (Wildman–Crippen MR) is 70.9 cm³/mol. The number of nitrogens with two attached hydrogens (primary N) is 1. The molecule has 88 valence electrons. The van der Waals surface area contributed by atoms with Gasteiger partial charge in [0.2, 0.25) is 0 Å². The molecule has 0 radical (unpaired) electrons. The molecule has 0 aliphatic rings. The summed E-state index contributed by atoms with van der Waals surface area (Å²) in [5.41, 5.74) is 5.94. The van der Waals surface area contributed by atoms with Crippen molar-refractivity contribution in [3.63, 3.8) is 0 Å². The van der Waals surface area contributed by atoms with Crippen molar-refractivity contribution >= 4 is 51.3 Å². The zero-order valence-electron chi connectivity index (χ0n) is 8.41. The highest BCUT2D eigenvalue weighted by Gasteiger charge is 2.11. The van der Waals surface area contributed by atoms with E-state index in [1.54, 1.807) is 18.2 Å². The summed E-state index contributed by atoms with van der Waals surface area (Å²) in [6, 6.07) is 4.83. The predicted octanol–water partition coefficient (Wildman–Crippen LogP) is 3.28. The minimum atomic E-state index is -0.302. The lowest BCUT2D eigenvalue weighted by Gasteiger charge is -2.05. The first-order chi connectivity index (χ1) is 8.06. The Kier molecular flexibility index (Phi) is 3.51. The van der Waals surface area contributed by atoms with Crippen LogP contribution >= 0.6 is 34.5 Å². The van der Waals surface area contributed by atoms with Gasteiger partial charge in [0.1, 0.15) is 4.88 Å². The van der Waals surface area contributed by atoms with Gasteiger partial charge >= 0.3 is 0 Å². The highest BCUT2D eigenvalue weighted by Crippen LogP contribution is 2.26. The number of aromatic nitrogens is 1. The molecule has 1 aromatic heterocycles. The van der Waals surface area contributed by atoms with E-state index in [2.05, 4.69) is 10.3 Å². The summed E-state index contributed by atoms with van der Waals surface area (Å²) in [4.78, 5) is 16.0. The van der Waals surface area contributed by atoms with Crippen molar-refractivity contribution in [3.05, 3.63) is 39.3 Å². The number of rotatable bonds is 2. The topological polar surface area (TPSA) is 68.0 Å². The Labute approximate surface area is 111 Å². The molecule has 7 heteroatoms. The van der Waals surface area contributed by atoms with E-state index >= 15 is 0 Å². The van der Waals surface area contributed by atoms with Crippen LogP contribution < -0.4 is 11.1 Å². The largest absolute Gasteiger partial charge is 0.375 e. The quantitative estimate of drug-likeness (QED) is 0.891. The Morgan fingerprint density at radius 2 is 2.18 bits per heavy atom. The fourth-order valence-electron chi connectivity index (χ4n) is 1.17. The van der Waals surface area contributed by atoms with Gasteiger partial charge in [-0.1, -0.05) is 34.5 Å². The highest BCUT2D eigenvalue weighted by molar-refractivity contribution is 7.17. The fourth-order valence-corrected chi connectivity index (χ4v) is 2.20. The van der Waals surface area contributed by atoms with Gasteiger partial charge in [-0.25, -0.2) is 4.98 Å². The summed E-state index contributed by atoms with van der Waals surface area (Å²) < 4.78 is 0. The molecule has 0 aliphatic carbocycles. The molecular formula is C10H7Cl2N3OS. The molecule has 1 amide bonds. The average molecular weight is 288 g/mol. The molecule has 0 atom stereocenters. The van der Waals surface area contributed by atoms with E-state index in [9.17, 15) is 4.79 Å². The SMILES string of the molecule is Nc1ncc(C(=O)Nc2ccc(Cl)cc2Cl)s1. The van der Waals surface area contributed by atoms with E-state index < -0.39 is 0 Å². The first kappa shape index (κ1) is 12.2. The minimum absolute atomic E-state index is 0.302. The molecule has 0 saturated carbocycles. The second-order valence-corrected chi connectivity index (χ2v) is 5.05. The number of carbonyl (C=O) groups excluding carboxylic acids is 1. The Morgan fingerprint density at radius 3 is 2.76 bits per heavy atom. The maximum atomic E-state index is 11.8. The standard InChI is InChI=1S/C10H7Cl2N3OS/c11-5-1-2-7(6(12)3-5)15-9(16)8-4-14-10(13)17-8/h1-4H,(H2,13,14)(H,15,16). The first-order valence-corrected chi connectivity index (χ1v) is 6.11. The highest BCUT2D eigenvalue weighted by atomic mass is 35.5. The normalized spacial score (nSPS) is 10.2. The van der Waals surface area contributed by atoms with E-state index in [4.69, 9.17) is 28.9 Å². The van der Waals surface area contributed by atoms with Crippen LogP contribution in [0.15, 0.2) is 24.4 Å². The van der Waals surface area contributed by atoms with Gasteiger partial charge in [-0.15, -0.1) is 0 Å². The molecule has 17 heavy (non-hydrogen) atoms. The zero-order chi connectivity index (χ0) is 12.4. The molecule has 3 N–H and O–H groups in total. The van der Waals surface area contributed by atoms with Crippen molar-refractivity contribution < 1.29 is 4.79 Å².